The summed E-state index contributed by atoms with van der Waals surface area (Å²) < 4.78 is 62.5. The third-order valence-corrected chi connectivity index (χ3v) is 2.84. The van der Waals surface area contributed by atoms with E-state index in [-0.39, 0.29) is 17.9 Å². The SMILES string of the molecule is CCNC(c1ccc(OC)cc1OC)C(F)(F)C(F)F. The highest BCUT2D eigenvalue weighted by Crippen LogP contribution is 2.41. The van der Waals surface area contributed by atoms with Gasteiger partial charge in [0.05, 0.1) is 14.2 Å². The van der Waals surface area contributed by atoms with Gasteiger partial charge in [0.1, 0.15) is 17.5 Å². The van der Waals surface area contributed by atoms with Crippen LogP contribution in [-0.4, -0.2) is 33.1 Å². The first-order chi connectivity index (χ1) is 9.38. The van der Waals surface area contributed by atoms with Crippen molar-refractivity contribution in [1.29, 1.82) is 0 Å². The predicted octanol–water partition coefficient (Wildman–Crippen LogP) is 3.25. The van der Waals surface area contributed by atoms with Crippen LogP contribution in [0.15, 0.2) is 18.2 Å². The number of nitrogens with one attached hydrogen (secondary N) is 1. The van der Waals surface area contributed by atoms with Gasteiger partial charge < -0.3 is 14.8 Å². The average Bonchev–Trinajstić information content (AvgIpc) is 2.43. The lowest BCUT2D eigenvalue weighted by atomic mass is 9.99. The molecule has 0 fully saturated rings. The second kappa shape index (κ2) is 6.78. The number of benzene rings is 1. The number of ether oxygens (including phenoxy) is 2. The van der Waals surface area contributed by atoms with Gasteiger partial charge in [-0.2, -0.15) is 8.78 Å². The van der Waals surface area contributed by atoms with Gasteiger partial charge in [-0.3, -0.25) is 0 Å². The lowest BCUT2D eigenvalue weighted by molar-refractivity contribution is -0.151. The zero-order valence-electron chi connectivity index (χ0n) is 11.4. The fraction of sp³-hybridized carbons (Fsp3) is 0.538. The summed E-state index contributed by atoms with van der Waals surface area (Å²) in [5.74, 6) is -3.76. The van der Waals surface area contributed by atoms with Crippen molar-refractivity contribution in [2.24, 2.45) is 0 Å². The fourth-order valence-corrected chi connectivity index (χ4v) is 1.84. The van der Waals surface area contributed by atoms with Gasteiger partial charge >= 0.3 is 12.3 Å². The molecule has 0 bridgehead atoms. The van der Waals surface area contributed by atoms with E-state index >= 15 is 0 Å². The Morgan fingerprint density at radius 3 is 2.30 bits per heavy atom. The maximum atomic E-state index is 13.7. The summed E-state index contributed by atoms with van der Waals surface area (Å²) in [5.41, 5.74) is -0.0412. The first-order valence-electron chi connectivity index (χ1n) is 5.99. The second-order valence-electron chi connectivity index (χ2n) is 4.07. The van der Waals surface area contributed by atoms with Crippen LogP contribution in [0.1, 0.15) is 18.5 Å². The molecular weight excluding hydrogens is 278 g/mol. The van der Waals surface area contributed by atoms with E-state index in [2.05, 4.69) is 5.32 Å². The standard InChI is InChI=1S/C13H17F4NO2/c1-4-18-11(13(16,17)12(14)15)9-6-5-8(19-2)7-10(9)20-3/h5-7,11-12,18H,4H2,1-3H3. The molecule has 20 heavy (non-hydrogen) atoms. The molecule has 0 aromatic heterocycles. The number of hydrogen-bond acceptors (Lipinski definition) is 3. The van der Waals surface area contributed by atoms with E-state index in [4.69, 9.17) is 9.47 Å². The molecule has 1 unspecified atom stereocenters. The normalized spacial score (nSPS) is 13.4. The molecule has 1 aromatic rings. The Kier molecular flexibility index (Phi) is 5.62. The lowest BCUT2D eigenvalue weighted by Crippen LogP contribution is -2.42. The van der Waals surface area contributed by atoms with E-state index in [1.807, 2.05) is 0 Å². The summed E-state index contributed by atoms with van der Waals surface area (Å²) in [6.07, 6.45) is -3.78. The second-order valence-corrected chi connectivity index (χ2v) is 4.07. The summed E-state index contributed by atoms with van der Waals surface area (Å²) in [6.45, 7) is 1.67. The zero-order chi connectivity index (χ0) is 15.3. The van der Waals surface area contributed by atoms with E-state index in [0.717, 1.165) is 0 Å². The Bertz CT molecular complexity index is 440. The highest BCUT2D eigenvalue weighted by atomic mass is 19.3. The molecule has 0 saturated carbocycles. The van der Waals surface area contributed by atoms with E-state index in [1.165, 1.54) is 32.4 Å². The first-order valence-corrected chi connectivity index (χ1v) is 5.99. The third-order valence-electron chi connectivity index (χ3n) is 2.84. The molecule has 1 aromatic carbocycles. The molecule has 1 N–H and O–H groups in total. The van der Waals surface area contributed by atoms with Crippen LogP contribution >= 0.6 is 0 Å². The zero-order valence-corrected chi connectivity index (χ0v) is 11.4. The van der Waals surface area contributed by atoms with Crippen molar-refractivity contribution in [3.8, 4) is 11.5 Å². The van der Waals surface area contributed by atoms with Gasteiger partial charge in [-0.05, 0) is 18.7 Å². The quantitative estimate of drug-likeness (QED) is 0.783. The summed E-state index contributed by atoms with van der Waals surface area (Å²) in [5, 5.41) is 2.38. The molecule has 3 nitrogen and oxygen atoms in total. The van der Waals surface area contributed by atoms with E-state index < -0.39 is 18.4 Å². The van der Waals surface area contributed by atoms with Gasteiger partial charge in [0.15, 0.2) is 0 Å². The molecule has 114 valence electrons. The summed E-state index contributed by atoms with van der Waals surface area (Å²) in [6, 6.07) is 2.25. The summed E-state index contributed by atoms with van der Waals surface area (Å²) in [4.78, 5) is 0. The van der Waals surface area contributed by atoms with Crippen molar-refractivity contribution >= 4 is 0 Å². The van der Waals surface area contributed by atoms with Gasteiger partial charge in [-0.1, -0.05) is 6.92 Å². The van der Waals surface area contributed by atoms with Crippen LogP contribution < -0.4 is 14.8 Å². The van der Waals surface area contributed by atoms with E-state index in [1.54, 1.807) is 6.92 Å². The fourth-order valence-electron chi connectivity index (χ4n) is 1.84. The number of methoxy groups -OCH3 is 2. The average molecular weight is 295 g/mol. The van der Waals surface area contributed by atoms with Crippen LogP contribution in [0.3, 0.4) is 0 Å². The van der Waals surface area contributed by atoms with Crippen molar-refractivity contribution in [3.63, 3.8) is 0 Å². The minimum absolute atomic E-state index is 0.0412. The summed E-state index contributed by atoms with van der Waals surface area (Å²) in [7, 11) is 2.69. The Hall–Kier alpha value is -1.50. The van der Waals surface area contributed by atoms with E-state index in [0.29, 0.717) is 5.75 Å². The highest BCUT2D eigenvalue weighted by molar-refractivity contribution is 5.43. The van der Waals surface area contributed by atoms with Crippen molar-refractivity contribution in [1.82, 2.24) is 5.32 Å². The molecule has 0 amide bonds. The summed E-state index contributed by atoms with van der Waals surface area (Å²) >= 11 is 0. The van der Waals surface area contributed by atoms with Crippen molar-refractivity contribution in [2.45, 2.75) is 25.3 Å². The maximum Gasteiger partial charge on any atom is 0.326 e. The molecule has 7 heteroatoms. The molecule has 0 aliphatic carbocycles. The van der Waals surface area contributed by atoms with Gasteiger partial charge in [-0.15, -0.1) is 0 Å². The predicted molar refractivity (Wildman–Crippen MR) is 66.9 cm³/mol. The molecule has 0 radical (unpaired) electrons. The number of alkyl halides is 4. The van der Waals surface area contributed by atoms with Crippen LogP contribution in [0.4, 0.5) is 17.6 Å². The number of rotatable bonds is 7. The topological polar surface area (TPSA) is 30.5 Å². The number of halogens is 4. The molecule has 0 saturated heterocycles. The smallest absolute Gasteiger partial charge is 0.326 e. The Morgan fingerprint density at radius 1 is 1.20 bits per heavy atom. The van der Waals surface area contributed by atoms with Crippen molar-refractivity contribution < 1.29 is 27.0 Å². The van der Waals surface area contributed by atoms with Crippen molar-refractivity contribution in [2.75, 3.05) is 20.8 Å². The maximum absolute atomic E-state index is 13.7. The monoisotopic (exact) mass is 295 g/mol. The van der Waals surface area contributed by atoms with Crippen molar-refractivity contribution in [3.05, 3.63) is 23.8 Å². The van der Waals surface area contributed by atoms with Crippen LogP contribution in [0.25, 0.3) is 0 Å². The lowest BCUT2D eigenvalue weighted by Gasteiger charge is -2.28. The van der Waals surface area contributed by atoms with Gasteiger partial charge in [0.2, 0.25) is 0 Å². The first kappa shape index (κ1) is 16.6. The van der Waals surface area contributed by atoms with Gasteiger partial charge in [0, 0.05) is 11.6 Å². The molecule has 0 aliphatic rings. The minimum Gasteiger partial charge on any atom is -0.497 e. The largest absolute Gasteiger partial charge is 0.497 e. The Morgan fingerprint density at radius 2 is 1.85 bits per heavy atom. The highest BCUT2D eigenvalue weighted by Gasteiger charge is 2.50. The van der Waals surface area contributed by atoms with Crippen LogP contribution in [-0.2, 0) is 0 Å². The number of hydrogen-bond donors (Lipinski definition) is 1. The Labute approximate surface area is 114 Å². The van der Waals surface area contributed by atoms with Gasteiger partial charge in [0.25, 0.3) is 0 Å². The molecular formula is C13H17F4NO2. The van der Waals surface area contributed by atoms with Crippen LogP contribution in [0.2, 0.25) is 0 Å². The molecule has 1 rings (SSSR count). The molecule has 0 aliphatic heterocycles. The van der Waals surface area contributed by atoms with Crippen LogP contribution in [0.5, 0.6) is 11.5 Å². The third kappa shape index (κ3) is 3.33. The van der Waals surface area contributed by atoms with E-state index in [9.17, 15) is 17.6 Å². The molecule has 0 heterocycles. The van der Waals surface area contributed by atoms with Gasteiger partial charge in [-0.25, -0.2) is 8.78 Å². The minimum atomic E-state index is -4.21. The van der Waals surface area contributed by atoms with Crippen LogP contribution in [0, 0.1) is 0 Å². The molecule has 0 spiro atoms. The molecule has 1 atom stereocenters. The Balaban J connectivity index is 3.28.